The summed E-state index contributed by atoms with van der Waals surface area (Å²) in [6, 6.07) is 21.0. The smallest absolute Gasteiger partial charge is 0.266 e. The molecule has 3 aromatic carbocycles. The highest BCUT2D eigenvalue weighted by Crippen LogP contribution is 2.29. The molecule has 4 nitrogen and oxygen atoms in total. The molecule has 0 atom stereocenters. The molecule has 0 aliphatic carbocycles. The van der Waals surface area contributed by atoms with Crippen LogP contribution in [-0.2, 0) is 0 Å². The van der Waals surface area contributed by atoms with Gasteiger partial charge in [0, 0.05) is 10.4 Å². The Morgan fingerprint density at radius 3 is 2.69 bits per heavy atom. The summed E-state index contributed by atoms with van der Waals surface area (Å²) in [5.74, 6) is 0. The van der Waals surface area contributed by atoms with E-state index in [0.29, 0.717) is 15.4 Å². The number of imidazole rings is 1. The van der Waals surface area contributed by atoms with Crippen molar-refractivity contribution < 1.29 is 0 Å². The Morgan fingerprint density at radius 2 is 1.81 bits per heavy atom. The van der Waals surface area contributed by atoms with Crippen molar-refractivity contribution in [3.05, 3.63) is 82.1 Å². The molecule has 0 bridgehead atoms. The van der Waals surface area contributed by atoms with Crippen LogP contribution in [0.4, 0.5) is 11.4 Å². The molecule has 0 radical (unpaired) electrons. The molecule has 5 aromatic rings. The van der Waals surface area contributed by atoms with Gasteiger partial charge in [-0.1, -0.05) is 47.2 Å². The highest BCUT2D eigenvalue weighted by molar-refractivity contribution is 7.23. The van der Waals surface area contributed by atoms with Gasteiger partial charge in [0.05, 0.1) is 27.1 Å². The molecular weight excluding hydrogens is 366 g/mol. The molecule has 0 aliphatic rings. The molecule has 2 heterocycles. The second-order valence-corrected chi connectivity index (χ2v) is 7.36. The molecule has 0 unspecified atom stereocenters. The highest BCUT2D eigenvalue weighted by atomic mass is 35.5. The van der Waals surface area contributed by atoms with Crippen LogP contribution in [0.25, 0.3) is 26.1 Å². The lowest BCUT2D eigenvalue weighted by Crippen LogP contribution is -2.11. The van der Waals surface area contributed by atoms with Gasteiger partial charge in [-0.2, -0.15) is 0 Å². The van der Waals surface area contributed by atoms with E-state index in [1.807, 2.05) is 66.7 Å². The van der Waals surface area contributed by atoms with Crippen molar-refractivity contribution in [2.45, 2.75) is 0 Å². The standard InChI is InChI=1S/C20H12ClN3OS/c21-14-5-1-2-6-15(14)22-12-9-10-18-13(11-12)19(25)24-17-8-4-3-7-16(17)23-20(24)26-18/h1-11,22H. The van der Waals surface area contributed by atoms with E-state index < -0.39 is 0 Å². The summed E-state index contributed by atoms with van der Waals surface area (Å²) in [4.78, 5) is 18.4. The third-order valence-corrected chi connectivity index (χ3v) is 5.66. The van der Waals surface area contributed by atoms with Gasteiger partial charge in [0.1, 0.15) is 0 Å². The van der Waals surface area contributed by atoms with Crippen LogP contribution >= 0.6 is 22.9 Å². The van der Waals surface area contributed by atoms with Gasteiger partial charge in [-0.3, -0.25) is 4.79 Å². The number of halogens is 1. The predicted molar refractivity (Wildman–Crippen MR) is 109 cm³/mol. The average molecular weight is 378 g/mol. The second kappa shape index (κ2) is 5.83. The van der Waals surface area contributed by atoms with Crippen molar-refractivity contribution >= 4 is 60.4 Å². The lowest BCUT2D eigenvalue weighted by atomic mass is 10.2. The summed E-state index contributed by atoms with van der Waals surface area (Å²) in [6.07, 6.45) is 0. The molecule has 0 saturated heterocycles. The van der Waals surface area contributed by atoms with Crippen LogP contribution in [0.3, 0.4) is 0 Å². The summed E-state index contributed by atoms with van der Waals surface area (Å²) in [7, 11) is 0. The summed E-state index contributed by atoms with van der Waals surface area (Å²) < 4.78 is 2.59. The van der Waals surface area contributed by atoms with Crippen molar-refractivity contribution in [2.24, 2.45) is 0 Å². The number of rotatable bonds is 2. The van der Waals surface area contributed by atoms with E-state index in [1.54, 1.807) is 4.40 Å². The monoisotopic (exact) mass is 377 g/mol. The zero-order valence-electron chi connectivity index (χ0n) is 13.4. The first-order valence-corrected chi connectivity index (χ1v) is 9.26. The van der Waals surface area contributed by atoms with Crippen molar-refractivity contribution in [1.82, 2.24) is 9.38 Å². The molecule has 26 heavy (non-hydrogen) atoms. The number of benzene rings is 3. The SMILES string of the molecule is O=c1c2cc(Nc3ccccc3Cl)ccc2sc2nc3ccccc3n12. The van der Waals surface area contributed by atoms with Crippen molar-refractivity contribution in [2.75, 3.05) is 5.32 Å². The molecule has 5 rings (SSSR count). The van der Waals surface area contributed by atoms with Crippen LogP contribution in [0.1, 0.15) is 0 Å². The number of anilines is 2. The van der Waals surface area contributed by atoms with Gasteiger partial charge < -0.3 is 5.32 Å². The largest absolute Gasteiger partial charge is 0.354 e. The summed E-state index contributed by atoms with van der Waals surface area (Å²) in [5.41, 5.74) is 3.21. The Hall–Kier alpha value is -2.89. The van der Waals surface area contributed by atoms with E-state index in [-0.39, 0.29) is 5.56 Å². The zero-order valence-corrected chi connectivity index (χ0v) is 15.0. The van der Waals surface area contributed by atoms with Crippen LogP contribution in [0.5, 0.6) is 0 Å². The number of fused-ring (bicyclic) bond motifs is 4. The van der Waals surface area contributed by atoms with Gasteiger partial charge in [-0.25, -0.2) is 9.38 Å². The van der Waals surface area contributed by atoms with E-state index in [1.165, 1.54) is 11.3 Å². The van der Waals surface area contributed by atoms with Gasteiger partial charge in [-0.05, 0) is 42.5 Å². The lowest BCUT2D eigenvalue weighted by molar-refractivity contribution is 1.20. The number of nitrogens with zero attached hydrogens (tertiary/aromatic N) is 2. The zero-order chi connectivity index (χ0) is 17.7. The third kappa shape index (κ3) is 2.36. The summed E-state index contributed by atoms with van der Waals surface area (Å²) >= 11 is 7.73. The van der Waals surface area contributed by atoms with Crippen LogP contribution in [0.15, 0.2) is 71.5 Å². The van der Waals surface area contributed by atoms with Gasteiger partial charge in [-0.15, -0.1) is 0 Å². The summed E-state index contributed by atoms with van der Waals surface area (Å²) in [5, 5.41) is 4.57. The molecule has 126 valence electrons. The minimum Gasteiger partial charge on any atom is -0.354 e. The number of aromatic nitrogens is 2. The second-order valence-electron chi connectivity index (χ2n) is 5.94. The van der Waals surface area contributed by atoms with Gasteiger partial charge in [0.15, 0.2) is 4.96 Å². The fourth-order valence-corrected chi connectivity index (χ4v) is 4.26. The Labute approximate surface area is 157 Å². The molecule has 0 spiro atoms. The van der Waals surface area contributed by atoms with E-state index in [0.717, 1.165) is 27.1 Å². The first-order chi connectivity index (χ1) is 12.7. The predicted octanol–water partition coefficient (Wildman–Crippen LogP) is 5.46. The minimum atomic E-state index is -0.0646. The molecule has 6 heteroatoms. The number of hydrogen-bond acceptors (Lipinski definition) is 4. The maximum absolute atomic E-state index is 13.1. The molecule has 0 amide bonds. The van der Waals surface area contributed by atoms with Gasteiger partial charge >= 0.3 is 0 Å². The Bertz CT molecular complexity index is 1360. The Kier molecular flexibility index (Phi) is 3.45. The molecule has 2 aromatic heterocycles. The van der Waals surface area contributed by atoms with Crippen molar-refractivity contribution in [1.29, 1.82) is 0 Å². The van der Waals surface area contributed by atoms with Crippen molar-refractivity contribution in [3.8, 4) is 0 Å². The number of para-hydroxylation sites is 3. The fraction of sp³-hybridized carbons (Fsp3) is 0. The first kappa shape index (κ1) is 15.4. The number of hydrogen-bond donors (Lipinski definition) is 1. The Morgan fingerprint density at radius 1 is 1.00 bits per heavy atom. The van der Waals surface area contributed by atoms with E-state index in [9.17, 15) is 4.79 Å². The number of nitrogens with one attached hydrogen (secondary N) is 1. The topological polar surface area (TPSA) is 46.4 Å². The summed E-state index contributed by atoms with van der Waals surface area (Å²) in [6.45, 7) is 0. The van der Waals surface area contributed by atoms with E-state index in [4.69, 9.17) is 11.6 Å². The first-order valence-electron chi connectivity index (χ1n) is 8.06. The van der Waals surface area contributed by atoms with E-state index >= 15 is 0 Å². The maximum Gasteiger partial charge on any atom is 0.266 e. The van der Waals surface area contributed by atoms with Crippen LogP contribution in [-0.4, -0.2) is 9.38 Å². The molecule has 0 fully saturated rings. The maximum atomic E-state index is 13.1. The van der Waals surface area contributed by atoms with Gasteiger partial charge in [0.25, 0.3) is 5.56 Å². The minimum absolute atomic E-state index is 0.0646. The van der Waals surface area contributed by atoms with Gasteiger partial charge in [0.2, 0.25) is 0 Å². The molecule has 0 saturated carbocycles. The van der Waals surface area contributed by atoms with Crippen LogP contribution in [0, 0.1) is 0 Å². The molecule has 0 aliphatic heterocycles. The Balaban J connectivity index is 1.73. The molecular formula is C20H12ClN3OS. The van der Waals surface area contributed by atoms with Crippen LogP contribution in [0.2, 0.25) is 5.02 Å². The molecule has 1 N–H and O–H groups in total. The van der Waals surface area contributed by atoms with Crippen molar-refractivity contribution in [3.63, 3.8) is 0 Å². The van der Waals surface area contributed by atoms with Crippen LogP contribution < -0.4 is 10.9 Å². The third-order valence-electron chi connectivity index (χ3n) is 4.30. The normalized spacial score (nSPS) is 11.4. The highest BCUT2D eigenvalue weighted by Gasteiger charge is 2.12. The quantitative estimate of drug-likeness (QED) is 0.444. The lowest BCUT2D eigenvalue weighted by Gasteiger charge is -2.09. The van der Waals surface area contributed by atoms with E-state index in [2.05, 4.69) is 10.3 Å². The average Bonchev–Trinajstić information content (AvgIpc) is 3.03. The fourth-order valence-electron chi connectivity index (χ4n) is 3.07.